The van der Waals surface area contributed by atoms with Gasteiger partial charge in [0.15, 0.2) is 11.5 Å². The summed E-state index contributed by atoms with van der Waals surface area (Å²) in [6.07, 6.45) is 0.333. The predicted octanol–water partition coefficient (Wildman–Crippen LogP) is 1.78. The number of ether oxygens (including phenoxy) is 2. The van der Waals surface area contributed by atoms with E-state index in [4.69, 9.17) is 9.47 Å². The van der Waals surface area contributed by atoms with Crippen molar-refractivity contribution in [1.82, 2.24) is 15.1 Å². The molecule has 6 nitrogen and oxygen atoms in total. The first-order valence-corrected chi connectivity index (χ1v) is 9.34. The third-order valence-corrected chi connectivity index (χ3v) is 5.21. The fourth-order valence-corrected chi connectivity index (χ4v) is 3.33. The van der Waals surface area contributed by atoms with E-state index in [2.05, 4.69) is 35.9 Å². The minimum Gasteiger partial charge on any atom is -0.493 e. The molecule has 1 aromatic rings. The summed E-state index contributed by atoms with van der Waals surface area (Å²) in [5.41, 5.74) is 0.863. The highest BCUT2D eigenvalue weighted by molar-refractivity contribution is 5.78. The first-order chi connectivity index (χ1) is 12.4. The lowest BCUT2D eigenvalue weighted by Crippen LogP contribution is -2.58. The maximum atomic E-state index is 12.4. The Balaban J connectivity index is 1.86. The van der Waals surface area contributed by atoms with Gasteiger partial charge in [0.25, 0.3) is 0 Å². The summed E-state index contributed by atoms with van der Waals surface area (Å²) in [5.74, 6) is 1.34. The van der Waals surface area contributed by atoms with Crippen LogP contribution >= 0.6 is 0 Å². The average molecular weight is 364 g/mol. The largest absolute Gasteiger partial charge is 0.493 e. The maximum Gasteiger partial charge on any atom is 0.224 e. The molecule has 0 aliphatic carbocycles. The van der Waals surface area contributed by atoms with Gasteiger partial charge in [0.05, 0.1) is 20.6 Å². The molecule has 1 fully saturated rings. The van der Waals surface area contributed by atoms with Gasteiger partial charge in [-0.25, -0.2) is 0 Å². The Morgan fingerprint density at radius 3 is 2.35 bits per heavy atom. The number of methoxy groups -OCH3 is 2. The second kappa shape index (κ2) is 9.24. The second-order valence-electron chi connectivity index (χ2n) is 7.38. The molecule has 0 aromatic heterocycles. The van der Waals surface area contributed by atoms with Crippen LogP contribution in [0.2, 0.25) is 0 Å². The van der Waals surface area contributed by atoms with Gasteiger partial charge in [0, 0.05) is 38.3 Å². The predicted molar refractivity (Wildman–Crippen MR) is 104 cm³/mol. The van der Waals surface area contributed by atoms with E-state index >= 15 is 0 Å². The summed E-state index contributed by atoms with van der Waals surface area (Å²) in [4.78, 5) is 17.3. The third-order valence-electron chi connectivity index (χ3n) is 5.21. The van der Waals surface area contributed by atoms with Crippen LogP contribution in [0, 0.1) is 0 Å². The van der Waals surface area contributed by atoms with Gasteiger partial charge in [-0.1, -0.05) is 13.0 Å². The van der Waals surface area contributed by atoms with Crippen LogP contribution < -0.4 is 14.8 Å². The third kappa shape index (κ3) is 5.35. The van der Waals surface area contributed by atoms with E-state index in [-0.39, 0.29) is 11.4 Å². The molecule has 1 N–H and O–H groups in total. The van der Waals surface area contributed by atoms with Gasteiger partial charge in [0.2, 0.25) is 5.91 Å². The molecule has 1 heterocycles. The second-order valence-corrected chi connectivity index (χ2v) is 7.38. The summed E-state index contributed by atoms with van der Waals surface area (Å²) >= 11 is 0. The van der Waals surface area contributed by atoms with Crippen molar-refractivity contribution in [3.8, 4) is 11.5 Å². The van der Waals surface area contributed by atoms with Gasteiger partial charge in [-0.3, -0.25) is 9.69 Å². The van der Waals surface area contributed by atoms with Crippen LogP contribution in [0.5, 0.6) is 11.5 Å². The van der Waals surface area contributed by atoms with Crippen LogP contribution in [-0.4, -0.2) is 74.7 Å². The van der Waals surface area contributed by atoms with Crippen molar-refractivity contribution in [3.63, 3.8) is 0 Å². The molecule has 1 amide bonds. The van der Waals surface area contributed by atoms with E-state index < -0.39 is 0 Å². The van der Waals surface area contributed by atoms with Crippen molar-refractivity contribution >= 4 is 5.91 Å². The Kier molecular flexibility index (Phi) is 7.29. The summed E-state index contributed by atoms with van der Waals surface area (Å²) in [6.45, 7) is 12.6. The highest BCUT2D eigenvalue weighted by atomic mass is 16.5. The van der Waals surface area contributed by atoms with Gasteiger partial charge in [-0.2, -0.15) is 0 Å². The van der Waals surface area contributed by atoms with E-state index in [0.717, 1.165) is 38.3 Å². The molecular formula is C20H33N3O3. The van der Waals surface area contributed by atoms with Crippen LogP contribution in [0.1, 0.15) is 26.3 Å². The number of piperazine rings is 1. The SMILES string of the molecule is CCN1CCN(C(C)(C)CNC(=O)Cc2ccc(OC)c(OC)c2)CC1. The van der Waals surface area contributed by atoms with E-state index in [1.165, 1.54) is 0 Å². The lowest BCUT2D eigenvalue weighted by Gasteiger charge is -2.44. The van der Waals surface area contributed by atoms with Crippen molar-refractivity contribution in [3.05, 3.63) is 23.8 Å². The highest BCUT2D eigenvalue weighted by Gasteiger charge is 2.29. The molecule has 1 saturated heterocycles. The van der Waals surface area contributed by atoms with Crippen LogP contribution in [0.4, 0.5) is 0 Å². The van der Waals surface area contributed by atoms with Crippen molar-refractivity contribution in [2.24, 2.45) is 0 Å². The Hall–Kier alpha value is -1.79. The summed E-state index contributed by atoms with van der Waals surface area (Å²) in [5, 5.41) is 3.09. The number of carbonyl (C=O) groups excluding carboxylic acids is 1. The monoisotopic (exact) mass is 363 g/mol. The fraction of sp³-hybridized carbons (Fsp3) is 0.650. The molecule has 0 radical (unpaired) electrons. The maximum absolute atomic E-state index is 12.4. The molecule has 26 heavy (non-hydrogen) atoms. The molecule has 0 bridgehead atoms. The number of nitrogens with one attached hydrogen (secondary N) is 1. The van der Waals surface area contributed by atoms with Gasteiger partial charge in [-0.15, -0.1) is 0 Å². The molecule has 0 unspecified atom stereocenters. The molecule has 2 rings (SSSR count). The number of carbonyl (C=O) groups is 1. The number of nitrogens with zero attached hydrogens (tertiary/aromatic N) is 2. The molecular weight excluding hydrogens is 330 g/mol. The number of likely N-dealkylation sites (N-methyl/N-ethyl adjacent to an activating group) is 1. The number of hydrogen-bond acceptors (Lipinski definition) is 5. The first kappa shape index (κ1) is 20.5. The Morgan fingerprint density at radius 2 is 1.77 bits per heavy atom. The van der Waals surface area contributed by atoms with Crippen LogP contribution in [0.15, 0.2) is 18.2 Å². The van der Waals surface area contributed by atoms with Crippen molar-refractivity contribution in [1.29, 1.82) is 0 Å². The normalized spacial score (nSPS) is 16.3. The van der Waals surface area contributed by atoms with Crippen molar-refractivity contribution < 1.29 is 14.3 Å². The zero-order valence-electron chi connectivity index (χ0n) is 16.8. The smallest absolute Gasteiger partial charge is 0.224 e. The lowest BCUT2D eigenvalue weighted by atomic mass is 10.0. The first-order valence-electron chi connectivity index (χ1n) is 9.34. The van der Waals surface area contributed by atoms with E-state index in [1.807, 2.05) is 18.2 Å². The van der Waals surface area contributed by atoms with Crippen molar-refractivity contribution in [2.75, 3.05) is 53.5 Å². The topological polar surface area (TPSA) is 54.0 Å². The molecule has 0 saturated carbocycles. The number of amides is 1. The summed E-state index contributed by atoms with van der Waals surface area (Å²) in [6, 6.07) is 5.59. The molecule has 146 valence electrons. The van der Waals surface area contributed by atoms with Crippen molar-refractivity contribution in [2.45, 2.75) is 32.7 Å². The minimum absolute atomic E-state index is 0.0255. The lowest BCUT2D eigenvalue weighted by molar-refractivity contribution is -0.121. The van der Waals surface area contributed by atoms with Gasteiger partial charge < -0.3 is 19.7 Å². The van der Waals surface area contributed by atoms with Gasteiger partial charge in [-0.05, 0) is 38.1 Å². The van der Waals surface area contributed by atoms with E-state index in [1.54, 1.807) is 14.2 Å². The molecule has 6 heteroatoms. The Labute approximate surface area is 157 Å². The fourth-order valence-electron chi connectivity index (χ4n) is 3.33. The van der Waals surface area contributed by atoms with E-state index in [0.29, 0.717) is 24.5 Å². The number of benzene rings is 1. The standard InChI is InChI=1S/C20H33N3O3/c1-6-22-9-11-23(12-10-22)20(2,3)15-21-19(24)14-16-7-8-17(25-4)18(13-16)26-5/h7-8,13H,6,9-12,14-15H2,1-5H3,(H,21,24). The molecule has 0 spiro atoms. The number of rotatable bonds is 8. The van der Waals surface area contributed by atoms with Gasteiger partial charge >= 0.3 is 0 Å². The van der Waals surface area contributed by atoms with Gasteiger partial charge in [0.1, 0.15) is 0 Å². The van der Waals surface area contributed by atoms with Crippen LogP contribution in [0.3, 0.4) is 0 Å². The summed E-state index contributed by atoms with van der Waals surface area (Å²) in [7, 11) is 3.20. The number of hydrogen-bond donors (Lipinski definition) is 1. The zero-order chi connectivity index (χ0) is 19.2. The summed E-state index contributed by atoms with van der Waals surface area (Å²) < 4.78 is 10.5. The molecule has 0 atom stereocenters. The molecule has 1 aliphatic rings. The highest BCUT2D eigenvalue weighted by Crippen LogP contribution is 2.27. The zero-order valence-corrected chi connectivity index (χ0v) is 16.8. The quantitative estimate of drug-likeness (QED) is 0.763. The average Bonchev–Trinajstić information content (AvgIpc) is 2.66. The van der Waals surface area contributed by atoms with Crippen LogP contribution in [0.25, 0.3) is 0 Å². The van der Waals surface area contributed by atoms with E-state index in [9.17, 15) is 4.79 Å². The Bertz CT molecular complexity index is 596. The minimum atomic E-state index is -0.0485. The van der Waals surface area contributed by atoms with Crippen LogP contribution in [-0.2, 0) is 11.2 Å². The molecule has 1 aliphatic heterocycles. The Morgan fingerprint density at radius 1 is 1.12 bits per heavy atom. The molecule has 1 aromatic carbocycles.